The molecule has 3 aromatic rings. The number of hydrogen-bond acceptors (Lipinski definition) is 6. The lowest BCUT2D eigenvalue weighted by atomic mass is 9.95. The van der Waals surface area contributed by atoms with Gasteiger partial charge in [0.05, 0.1) is 31.2 Å². The molecular formula is C25H28F3N3O3. The number of benzene rings is 2. The molecule has 0 amide bonds. The first kappa shape index (κ1) is 25.3. The number of anilines is 1. The Morgan fingerprint density at radius 3 is 2.53 bits per heavy atom. The van der Waals surface area contributed by atoms with E-state index in [0.29, 0.717) is 40.5 Å². The molecule has 1 aromatic heterocycles. The summed E-state index contributed by atoms with van der Waals surface area (Å²) < 4.78 is 50.1. The molecule has 2 aromatic carbocycles. The second kappa shape index (κ2) is 10.3. The van der Waals surface area contributed by atoms with Crippen molar-refractivity contribution in [3.8, 4) is 5.75 Å². The van der Waals surface area contributed by atoms with Gasteiger partial charge in [0.25, 0.3) is 0 Å². The minimum Gasteiger partial charge on any atom is -0.496 e. The Hall–Kier alpha value is -3.36. The summed E-state index contributed by atoms with van der Waals surface area (Å²) in [4.78, 5) is 21.0. The summed E-state index contributed by atoms with van der Waals surface area (Å²) in [7, 11) is 1.55. The van der Waals surface area contributed by atoms with Crippen LogP contribution in [0.5, 0.6) is 5.75 Å². The summed E-state index contributed by atoms with van der Waals surface area (Å²) in [6, 6.07) is 8.38. The van der Waals surface area contributed by atoms with Gasteiger partial charge in [-0.05, 0) is 56.0 Å². The van der Waals surface area contributed by atoms with Crippen LogP contribution in [-0.4, -0.2) is 29.7 Å². The SMILES string of the molecule is CCOC(=O)CC(C)c1cc2c(N[C@H](C)c3cccc(C(F)(F)F)c3)nc(C)nc2cc1OC. The van der Waals surface area contributed by atoms with Crippen LogP contribution in [0.2, 0.25) is 0 Å². The molecule has 0 aliphatic rings. The topological polar surface area (TPSA) is 73.3 Å². The molecule has 2 atom stereocenters. The number of fused-ring (bicyclic) bond motifs is 1. The lowest BCUT2D eigenvalue weighted by molar-refractivity contribution is -0.143. The summed E-state index contributed by atoms with van der Waals surface area (Å²) in [5.74, 6) is 1.06. The molecule has 0 spiro atoms. The molecule has 9 heteroatoms. The van der Waals surface area contributed by atoms with Crippen LogP contribution in [-0.2, 0) is 15.7 Å². The number of nitrogens with one attached hydrogen (secondary N) is 1. The predicted molar refractivity (Wildman–Crippen MR) is 124 cm³/mol. The van der Waals surface area contributed by atoms with Crippen molar-refractivity contribution in [1.29, 1.82) is 0 Å². The molecule has 1 heterocycles. The third-order valence-electron chi connectivity index (χ3n) is 5.54. The molecular weight excluding hydrogens is 447 g/mol. The van der Waals surface area contributed by atoms with Gasteiger partial charge in [-0.2, -0.15) is 13.2 Å². The first-order valence-corrected chi connectivity index (χ1v) is 11.0. The van der Waals surface area contributed by atoms with Gasteiger partial charge in [-0.25, -0.2) is 9.97 Å². The number of esters is 1. The summed E-state index contributed by atoms with van der Waals surface area (Å²) >= 11 is 0. The fourth-order valence-electron chi connectivity index (χ4n) is 3.81. The van der Waals surface area contributed by atoms with E-state index in [1.54, 1.807) is 40.0 Å². The maximum Gasteiger partial charge on any atom is 0.416 e. The third kappa shape index (κ3) is 5.76. The number of methoxy groups -OCH3 is 1. The van der Waals surface area contributed by atoms with Crippen LogP contribution in [0, 0.1) is 6.92 Å². The molecule has 0 saturated carbocycles. The number of rotatable bonds is 8. The van der Waals surface area contributed by atoms with Crippen molar-refractivity contribution in [1.82, 2.24) is 9.97 Å². The van der Waals surface area contributed by atoms with E-state index in [-0.39, 0.29) is 18.3 Å². The van der Waals surface area contributed by atoms with Crippen LogP contribution in [0.4, 0.5) is 19.0 Å². The maximum atomic E-state index is 13.2. The van der Waals surface area contributed by atoms with Crippen molar-refractivity contribution >= 4 is 22.7 Å². The van der Waals surface area contributed by atoms with Crippen molar-refractivity contribution in [2.75, 3.05) is 19.0 Å². The van der Waals surface area contributed by atoms with E-state index in [1.807, 2.05) is 13.0 Å². The van der Waals surface area contributed by atoms with Crippen LogP contribution in [0.1, 0.15) is 61.7 Å². The predicted octanol–water partition coefficient (Wildman–Crippen LogP) is 6.20. The average molecular weight is 476 g/mol. The van der Waals surface area contributed by atoms with E-state index >= 15 is 0 Å². The fraction of sp³-hybridized carbons (Fsp3) is 0.400. The summed E-state index contributed by atoms with van der Waals surface area (Å²) in [5.41, 5.74) is 1.17. The molecule has 182 valence electrons. The molecule has 34 heavy (non-hydrogen) atoms. The van der Waals surface area contributed by atoms with E-state index in [0.717, 1.165) is 17.7 Å². The number of aryl methyl sites for hydroxylation is 1. The van der Waals surface area contributed by atoms with Crippen LogP contribution in [0.3, 0.4) is 0 Å². The highest BCUT2D eigenvalue weighted by Crippen LogP contribution is 2.36. The fourth-order valence-corrected chi connectivity index (χ4v) is 3.81. The quantitative estimate of drug-likeness (QED) is 0.391. The second-order valence-electron chi connectivity index (χ2n) is 8.13. The smallest absolute Gasteiger partial charge is 0.416 e. The maximum absolute atomic E-state index is 13.2. The van der Waals surface area contributed by atoms with Gasteiger partial charge in [-0.3, -0.25) is 4.79 Å². The lowest BCUT2D eigenvalue weighted by Gasteiger charge is -2.20. The van der Waals surface area contributed by atoms with E-state index in [1.165, 1.54) is 6.07 Å². The van der Waals surface area contributed by atoms with Gasteiger partial charge in [0, 0.05) is 17.5 Å². The number of nitrogens with zero attached hydrogens (tertiary/aromatic N) is 2. The monoisotopic (exact) mass is 475 g/mol. The first-order valence-electron chi connectivity index (χ1n) is 11.0. The molecule has 0 saturated heterocycles. The van der Waals surface area contributed by atoms with E-state index in [2.05, 4.69) is 15.3 Å². The number of ether oxygens (including phenoxy) is 2. The van der Waals surface area contributed by atoms with Gasteiger partial charge >= 0.3 is 12.1 Å². The van der Waals surface area contributed by atoms with Crippen molar-refractivity contribution in [3.63, 3.8) is 0 Å². The number of carbonyl (C=O) groups is 1. The Labute approximate surface area is 196 Å². The van der Waals surface area contributed by atoms with Crippen LogP contribution < -0.4 is 10.1 Å². The van der Waals surface area contributed by atoms with Crippen LogP contribution in [0.15, 0.2) is 36.4 Å². The summed E-state index contributed by atoms with van der Waals surface area (Å²) in [6.45, 7) is 7.46. The van der Waals surface area contributed by atoms with Gasteiger partial charge < -0.3 is 14.8 Å². The van der Waals surface area contributed by atoms with Crippen molar-refractivity contribution < 1.29 is 27.4 Å². The molecule has 0 aliphatic carbocycles. The summed E-state index contributed by atoms with van der Waals surface area (Å²) in [5, 5.41) is 3.91. The van der Waals surface area contributed by atoms with E-state index in [4.69, 9.17) is 9.47 Å². The summed E-state index contributed by atoms with van der Waals surface area (Å²) in [6.07, 6.45) is -4.25. The Bertz CT molecular complexity index is 1180. The Balaban J connectivity index is 2.01. The molecule has 0 bridgehead atoms. The Morgan fingerprint density at radius 2 is 1.88 bits per heavy atom. The standard InChI is InChI=1S/C25H28F3N3O3/c1-6-34-23(32)10-14(2)19-12-20-21(13-22(19)33-5)30-16(4)31-24(20)29-15(3)17-8-7-9-18(11-17)25(26,27)28/h7-9,11-15H,6,10H2,1-5H3,(H,29,30,31)/t14?,15-/m1/s1. The highest BCUT2D eigenvalue weighted by atomic mass is 19.4. The highest BCUT2D eigenvalue weighted by Gasteiger charge is 2.30. The number of alkyl halides is 3. The molecule has 0 radical (unpaired) electrons. The molecule has 0 aliphatic heterocycles. The number of halogens is 3. The molecule has 1 N–H and O–H groups in total. The zero-order chi connectivity index (χ0) is 25.0. The van der Waals surface area contributed by atoms with Crippen LogP contribution >= 0.6 is 0 Å². The Kier molecular flexibility index (Phi) is 7.64. The second-order valence-corrected chi connectivity index (χ2v) is 8.13. The minimum absolute atomic E-state index is 0.172. The number of hydrogen-bond donors (Lipinski definition) is 1. The van der Waals surface area contributed by atoms with Gasteiger partial charge in [0.2, 0.25) is 0 Å². The zero-order valence-corrected chi connectivity index (χ0v) is 19.8. The van der Waals surface area contributed by atoms with Gasteiger partial charge in [-0.1, -0.05) is 19.1 Å². The van der Waals surface area contributed by atoms with Gasteiger partial charge in [0.15, 0.2) is 0 Å². The van der Waals surface area contributed by atoms with E-state index < -0.39 is 17.8 Å². The molecule has 1 unspecified atom stereocenters. The third-order valence-corrected chi connectivity index (χ3v) is 5.54. The van der Waals surface area contributed by atoms with Gasteiger partial charge in [0.1, 0.15) is 17.4 Å². The van der Waals surface area contributed by atoms with Gasteiger partial charge in [-0.15, -0.1) is 0 Å². The number of carbonyl (C=O) groups excluding carboxylic acids is 1. The molecule has 6 nitrogen and oxygen atoms in total. The van der Waals surface area contributed by atoms with Crippen LogP contribution in [0.25, 0.3) is 10.9 Å². The lowest BCUT2D eigenvalue weighted by Crippen LogP contribution is -2.12. The molecule has 0 fully saturated rings. The largest absolute Gasteiger partial charge is 0.496 e. The minimum atomic E-state index is -4.42. The Morgan fingerprint density at radius 1 is 1.15 bits per heavy atom. The van der Waals surface area contributed by atoms with Crippen molar-refractivity contribution in [2.24, 2.45) is 0 Å². The van der Waals surface area contributed by atoms with Crippen molar-refractivity contribution in [3.05, 3.63) is 58.9 Å². The molecule has 3 rings (SSSR count). The normalized spacial score (nSPS) is 13.4. The zero-order valence-electron chi connectivity index (χ0n) is 19.8. The van der Waals surface area contributed by atoms with Crippen molar-refractivity contribution in [2.45, 2.75) is 52.3 Å². The number of aromatic nitrogens is 2. The van der Waals surface area contributed by atoms with E-state index in [9.17, 15) is 18.0 Å². The average Bonchev–Trinajstić information content (AvgIpc) is 2.77. The highest BCUT2D eigenvalue weighted by molar-refractivity contribution is 5.91. The first-order chi connectivity index (χ1) is 16.0.